The van der Waals surface area contributed by atoms with E-state index in [1.165, 1.54) is 0 Å². The Balaban J connectivity index is 1.59. The van der Waals surface area contributed by atoms with E-state index in [1.54, 1.807) is 6.07 Å². The molecular weight excluding hydrogens is 389 g/mol. The van der Waals surface area contributed by atoms with E-state index in [-0.39, 0.29) is 24.5 Å². The van der Waals surface area contributed by atoms with Crippen LogP contribution in [0.25, 0.3) is 0 Å². The first-order valence-corrected chi connectivity index (χ1v) is 11.0. The minimum atomic E-state index is -0.476. The molecule has 8 heteroatoms. The molecule has 2 aliphatic rings. The average molecular weight is 424 g/mol. The van der Waals surface area contributed by atoms with Gasteiger partial charge in [0.25, 0.3) is 5.91 Å². The largest absolute Gasteiger partial charge is 0.476 e. The van der Waals surface area contributed by atoms with Crippen LogP contribution in [-0.4, -0.2) is 69.7 Å². The summed E-state index contributed by atoms with van der Waals surface area (Å²) in [5.41, 5.74) is 1.31. The van der Waals surface area contributed by atoms with Crippen LogP contribution in [0, 0.1) is 11.8 Å². The Hall–Kier alpha value is -1.93. The smallest absolute Gasteiger partial charge is 0.270 e. The number of nitrogens with one attached hydrogen (secondary N) is 1. The Labute approximate surface area is 178 Å². The van der Waals surface area contributed by atoms with E-state index < -0.39 is 6.67 Å². The van der Waals surface area contributed by atoms with Crippen LogP contribution >= 0.6 is 0 Å². The highest BCUT2D eigenvalue weighted by Crippen LogP contribution is 2.30. The zero-order valence-electron chi connectivity index (χ0n) is 18.1. The van der Waals surface area contributed by atoms with Crippen molar-refractivity contribution in [2.75, 3.05) is 57.7 Å². The third kappa shape index (κ3) is 6.54. The molecule has 7 nitrogen and oxygen atoms in total. The highest BCUT2D eigenvalue weighted by molar-refractivity contribution is 5.93. The van der Waals surface area contributed by atoms with E-state index >= 15 is 0 Å². The van der Waals surface area contributed by atoms with E-state index in [1.807, 2.05) is 19.9 Å². The lowest BCUT2D eigenvalue weighted by atomic mass is 10.0. The standard InChI is InChI=1S/C22H34FN3O4/c1-16(12-28-10-7-23)11-17(2)24-21(27)19-5-6-20(26-8-3-4-9-26)22(25-19)30-15-18-13-29-14-18/h5-6,16-18H,3-4,7-15H2,1-2H3,(H,24,27)/t16?,17-/m0/s1. The number of ether oxygens (including phenoxy) is 3. The number of amides is 1. The Bertz CT molecular complexity index is 680. The van der Waals surface area contributed by atoms with Crippen molar-refractivity contribution in [1.29, 1.82) is 0 Å². The highest BCUT2D eigenvalue weighted by atomic mass is 19.1. The second kappa shape index (κ2) is 11.5. The summed E-state index contributed by atoms with van der Waals surface area (Å²) in [5.74, 6) is 0.916. The van der Waals surface area contributed by atoms with Crippen molar-refractivity contribution in [3.05, 3.63) is 17.8 Å². The van der Waals surface area contributed by atoms with Crippen molar-refractivity contribution < 1.29 is 23.4 Å². The molecule has 3 heterocycles. The summed E-state index contributed by atoms with van der Waals surface area (Å²) in [6, 6.07) is 3.67. The number of hydrogen-bond donors (Lipinski definition) is 1. The van der Waals surface area contributed by atoms with Crippen molar-refractivity contribution in [2.24, 2.45) is 11.8 Å². The van der Waals surface area contributed by atoms with Gasteiger partial charge in [0.2, 0.25) is 5.88 Å². The van der Waals surface area contributed by atoms with Gasteiger partial charge in [-0.2, -0.15) is 0 Å². The molecule has 0 bridgehead atoms. The minimum Gasteiger partial charge on any atom is -0.476 e. The number of nitrogens with zero attached hydrogens (tertiary/aromatic N) is 2. The summed E-state index contributed by atoms with van der Waals surface area (Å²) in [6.45, 7) is 8.04. The van der Waals surface area contributed by atoms with Gasteiger partial charge in [-0.25, -0.2) is 9.37 Å². The highest BCUT2D eigenvalue weighted by Gasteiger charge is 2.24. The predicted octanol–water partition coefficient (Wildman–Crippen LogP) is 2.84. The second-order valence-electron chi connectivity index (χ2n) is 8.41. The molecule has 0 spiro atoms. The zero-order valence-corrected chi connectivity index (χ0v) is 18.1. The minimum absolute atomic E-state index is 0.0435. The monoisotopic (exact) mass is 423 g/mol. The number of anilines is 1. The fraction of sp³-hybridized carbons (Fsp3) is 0.727. The summed E-state index contributed by atoms with van der Waals surface area (Å²) < 4.78 is 28.6. The van der Waals surface area contributed by atoms with Crippen LogP contribution in [0.3, 0.4) is 0 Å². The van der Waals surface area contributed by atoms with Gasteiger partial charge in [-0.05, 0) is 44.2 Å². The molecule has 1 amide bonds. The molecule has 1 N–H and O–H groups in total. The fourth-order valence-electron chi connectivity index (χ4n) is 3.81. The SMILES string of the molecule is CC(COCCF)C[C@H](C)NC(=O)c1ccc(N2CCCC2)c(OCC2COC2)n1. The lowest BCUT2D eigenvalue weighted by Gasteiger charge is -2.27. The van der Waals surface area contributed by atoms with Crippen LogP contribution in [0.2, 0.25) is 0 Å². The van der Waals surface area contributed by atoms with Crippen LogP contribution in [-0.2, 0) is 9.47 Å². The maximum absolute atomic E-state index is 12.7. The molecule has 2 fully saturated rings. The van der Waals surface area contributed by atoms with Crippen molar-refractivity contribution >= 4 is 11.6 Å². The fourth-order valence-corrected chi connectivity index (χ4v) is 3.81. The maximum atomic E-state index is 12.7. The Morgan fingerprint density at radius 2 is 2.10 bits per heavy atom. The van der Waals surface area contributed by atoms with Crippen LogP contribution in [0.15, 0.2) is 12.1 Å². The Kier molecular flexibility index (Phi) is 8.69. The van der Waals surface area contributed by atoms with Crippen molar-refractivity contribution in [3.8, 4) is 5.88 Å². The number of pyridine rings is 1. The number of carbonyl (C=O) groups is 1. The number of aromatic nitrogens is 1. The normalized spacial score (nSPS) is 18.7. The quantitative estimate of drug-likeness (QED) is 0.521. The molecule has 2 saturated heterocycles. The molecule has 3 rings (SSSR count). The summed E-state index contributed by atoms with van der Waals surface area (Å²) >= 11 is 0. The van der Waals surface area contributed by atoms with Crippen molar-refractivity contribution in [1.82, 2.24) is 10.3 Å². The third-order valence-electron chi connectivity index (χ3n) is 5.44. The predicted molar refractivity (Wildman–Crippen MR) is 113 cm³/mol. The van der Waals surface area contributed by atoms with E-state index in [0.717, 1.165) is 38.0 Å². The average Bonchev–Trinajstić information content (AvgIpc) is 3.21. The van der Waals surface area contributed by atoms with Crippen LogP contribution in [0.1, 0.15) is 43.6 Å². The van der Waals surface area contributed by atoms with Gasteiger partial charge in [0.1, 0.15) is 12.4 Å². The summed E-state index contributed by atoms with van der Waals surface area (Å²) in [4.78, 5) is 19.6. The van der Waals surface area contributed by atoms with Crippen LogP contribution in [0.5, 0.6) is 5.88 Å². The lowest BCUT2D eigenvalue weighted by molar-refractivity contribution is -0.0513. The molecule has 2 atom stereocenters. The van der Waals surface area contributed by atoms with Crippen LogP contribution < -0.4 is 15.0 Å². The Morgan fingerprint density at radius 1 is 1.33 bits per heavy atom. The number of hydrogen-bond acceptors (Lipinski definition) is 6. The molecular formula is C22H34FN3O4. The summed E-state index contributed by atoms with van der Waals surface area (Å²) in [7, 11) is 0. The topological polar surface area (TPSA) is 72.9 Å². The summed E-state index contributed by atoms with van der Waals surface area (Å²) in [5, 5.41) is 3.00. The first kappa shape index (κ1) is 22.7. The molecule has 1 aromatic rings. The van der Waals surface area contributed by atoms with E-state index in [2.05, 4.69) is 15.2 Å². The van der Waals surface area contributed by atoms with Gasteiger partial charge in [0, 0.05) is 31.7 Å². The number of alkyl halides is 1. The van der Waals surface area contributed by atoms with E-state index in [4.69, 9.17) is 14.2 Å². The Morgan fingerprint density at radius 3 is 2.77 bits per heavy atom. The number of halogens is 1. The first-order valence-electron chi connectivity index (χ1n) is 11.0. The molecule has 30 heavy (non-hydrogen) atoms. The molecule has 1 unspecified atom stereocenters. The number of rotatable bonds is 12. The summed E-state index contributed by atoms with van der Waals surface area (Å²) in [6.07, 6.45) is 3.06. The third-order valence-corrected chi connectivity index (χ3v) is 5.44. The number of carbonyl (C=O) groups excluding carboxylic acids is 1. The molecule has 1 aromatic heterocycles. The van der Waals surface area contributed by atoms with Gasteiger partial charge in [0.15, 0.2) is 0 Å². The van der Waals surface area contributed by atoms with Crippen LogP contribution in [0.4, 0.5) is 10.1 Å². The first-order chi connectivity index (χ1) is 14.6. The van der Waals surface area contributed by atoms with Crippen molar-refractivity contribution in [3.63, 3.8) is 0 Å². The van der Waals surface area contributed by atoms with E-state index in [9.17, 15) is 9.18 Å². The lowest BCUT2D eigenvalue weighted by Crippen LogP contribution is -2.35. The van der Waals surface area contributed by atoms with E-state index in [0.29, 0.717) is 43.9 Å². The van der Waals surface area contributed by atoms with Gasteiger partial charge in [-0.1, -0.05) is 6.92 Å². The van der Waals surface area contributed by atoms with Gasteiger partial charge < -0.3 is 24.4 Å². The van der Waals surface area contributed by atoms with Gasteiger partial charge in [-0.15, -0.1) is 0 Å². The molecule has 0 aliphatic carbocycles. The van der Waals surface area contributed by atoms with Gasteiger partial charge in [-0.3, -0.25) is 4.79 Å². The molecule has 168 valence electrons. The second-order valence-corrected chi connectivity index (χ2v) is 8.41. The van der Waals surface area contributed by atoms with Gasteiger partial charge >= 0.3 is 0 Å². The molecule has 0 aromatic carbocycles. The molecule has 0 saturated carbocycles. The molecule has 0 radical (unpaired) electrons. The molecule has 2 aliphatic heterocycles. The zero-order chi connectivity index (χ0) is 21.3. The van der Waals surface area contributed by atoms with Gasteiger partial charge in [0.05, 0.1) is 32.1 Å². The maximum Gasteiger partial charge on any atom is 0.270 e. The van der Waals surface area contributed by atoms with Crippen molar-refractivity contribution in [2.45, 2.75) is 39.2 Å².